The van der Waals surface area contributed by atoms with Gasteiger partial charge in [-0.3, -0.25) is 48.4 Å². The molecule has 0 amide bonds. The summed E-state index contributed by atoms with van der Waals surface area (Å²) in [7, 11) is 0. The Bertz CT molecular complexity index is 1110. The molecule has 1 aliphatic rings. The van der Waals surface area contributed by atoms with E-state index in [9.17, 15) is 39.0 Å². The van der Waals surface area contributed by atoms with Crippen molar-refractivity contribution in [2.24, 2.45) is 0 Å². The number of carbonyl (C=O) groups excluding carboxylic acids is 4. The molecule has 1 aliphatic carbocycles. The van der Waals surface area contributed by atoms with Gasteiger partial charge in [0.2, 0.25) is 0 Å². The molecule has 1 fully saturated rings. The lowest BCUT2D eigenvalue weighted by atomic mass is 9.87. The monoisotopic (exact) mass is 772 g/mol. The van der Waals surface area contributed by atoms with Crippen LogP contribution in [0.3, 0.4) is 0 Å². The summed E-state index contributed by atoms with van der Waals surface area (Å²) in [5.41, 5.74) is -3.05. The van der Waals surface area contributed by atoms with E-state index in [1.165, 1.54) is 0 Å². The first-order valence-corrected chi connectivity index (χ1v) is 18.8. The van der Waals surface area contributed by atoms with Crippen molar-refractivity contribution in [3.05, 3.63) is 0 Å². The number of ether oxygens (including phenoxy) is 4. The topological polar surface area (TPSA) is 193 Å². The number of rotatable bonds is 20. The van der Waals surface area contributed by atoms with E-state index >= 15 is 0 Å². The minimum absolute atomic E-state index is 0.119. The van der Waals surface area contributed by atoms with Crippen molar-refractivity contribution >= 4 is 35.8 Å². The number of carboxylic acid groups (broad SMARTS) is 2. The van der Waals surface area contributed by atoms with Gasteiger partial charge in [0.05, 0.1) is 39.3 Å². The first-order chi connectivity index (χ1) is 24.5. The smallest absolute Gasteiger partial charge is 0.320 e. The Kier molecular flexibility index (Phi) is 19.0. The molecule has 312 valence electrons. The third kappa shape index (κ3) is 22.8. The largest absolute Gasteiger partial charge is 0.480 e. The summed E-state index contributed by atoms with van der Waals surface area (Å²) in [5.74, 6) is -4.39. The van der Waals surface area contributed by atoms with E-state index in [1.807, 2.05) is 0 Å². The molecule has 0 aliphatic heterocycles. The predicted molar refractivity (Wildman–Crippen MR) is 201 cm³/mol. The van der Waals surface area contributed by atoms with Crippen LogP contribution in [-0.2, 0) is 47.7 Å². The number of carbonyl (C=O) groups is 6. The van der Waals surface area contributed by atoms with Crippen LogP contribution in [-0.4, -0.2) is 166 Å². The summed E-state index contributed by atoms with van der Waals surface area (Å²) >= 11 is 0. The Labute approximate surface area is 321 Å². The van der Waals surface area contributed by atoms with Crippen molar-refractivity contribution in [1.82, 2.24) is 19.6 Å². The third-order valence-corrected chi connectivity index (χ3v) is 7.81. The molecule has 0 unspecified atom stereocenters. The number of carboxylic acids is 2. The molecule has 0 aromatic carbocycles. The summed E-state index contributed by atoms with van der Waals surface area (Å²) in [5, 5.41) is 20.0. The van der Waals surface area contributed by atoms with Crippen molar-refractivity contribution in [3.8, 4) is 0 Å². The molecule has 0 aromatic rings. The fraction of sp³-hybridized carbons (Fsp3) is 0.842. The summed E-state index contributed by atoms with van der Waals surface area (Å²) in [6.07, 6.45) is 2.71. The van der Waals surface area contributed by atoms with Gasteiger partial charge in [-0.1, -0.05) is 12.8 Å². The average Bonchev–Trinajstić information content (AvgIpc) is 2.92. The molecule has 2 N–H and O–H groups in total. The van der Waals surface area contributed by atoms with Gasteiger partial charge >= 0.3 is 35.8 Å². The molecule has 0 bridgehead atoms. The first-order valence-electron chi connectivity index (χ1n) is 18.8. The number of aliphatic carboxylic acids is 2. The van der Waals surface area contributed by atoms with Crippen LogP contribution in [0.25, 0.3) is 0 Å². The zero-order chi connectivity index (χ0) is 41.7. The molecule has 0 spiro atoms. The van der Waals surface area contributed by atoms with Crippen LogP contribution in [0.4, 0.5) is 0 Å². The molecule has 0 heterocycles. The van der Waals surface area contributed by atoms with E-state index in [4.69, 9.17) is 18.9 Å². The number of nitrogens with zero attached hydrogens (tertiary/aromatic N) is 4. The normalized spacial score (nSPS) is 17.1. The minimum Gasteiger partial charge on any atom is -0.480 e. The Balaban J connectivity index is 3.39. The Morgan fingerprint density at radius 2 is 0.685 bits per heavy atom. The van der Waals surface area contributed by atoms with Crippen molar-refractivity contribution in [2.75, 3.05) is 65.4 Å². The molecular weight excluding hydrogens is 704 g/mol. The Morgan fingerprint density at radius 3 is 0.889 bits per heavy atom. The van der Waals surface area contributed by atoms with Gasteiger partial charge in [0, 0.05) is 38.3 Å². The summed E-state index contributed by atoms with van der Waals surface area (Å²) in [4.78, 5) is 82.5. The lowest BCUT2D eigenvalue weighted by Gasteiger charge is -2.45. The molecule has 0 aromatic heterocycles. The third-order valence-electron chi connectivity index (χ3n) is 7.81. The molecule has 1 saturated carbocycles. The average molecular weight is 773 g/mol. The number of hydrogen-bond acceptors (Lipinski definition) is 14. The molecule has 16 nitrogen and oxygen atoms in total. The highest BCUT2D eigenvalue weighted by Crippen LogP contribution is 2.28. The summed E-state index contributed by atoms with van der Waals surface area (Å²) < 4.78 is 22.0. The second kappa shape index (κ2) is 21.1. The van der Waals surface area contributed by atoms with E-state index in [0.29, 0.717) is 12.8 Å². The van der Waals surface area contributed by atoms with Crippen LogP contribution in [0.1, 0.15) is 109 Å². The van der Waals surface area contributed by atoms with Crippen molar-refractivity contribution in [2.45, 2.75) is 143 Å². The van der Waals surface area contributed by atoms with Gasteiger partial charge < -0.3 is 29.2 Å². The van der Waals surface area contributed by atoms with Crippen LogP contribution < -0.4 is 0 Å². The first kappa shape index (κ1) is 48.7. The van der Waals surface area contributed by atoms with Crippen molar-refractivity contribution in [1.29, 1.82) is 0 Å². The zero-order valence-electron chi connectivity index (χ0n) is 34.8. The van der Waals surface area contributed by atoms with Crippen molar-refractivity contribution in [3.63, 3.8) is 0 Å². The lowest BCUT2D eigenvalue weighted by molar-refractivity contribution is -0.162. The second-order valence-electron chi connectivity index (χ2n) is 17.9. The van der Waals surface area contributed by atoms with Crippen LogP contribution in [0, 0.1) is 0 Å². The van der Waals surface area contributed by atoms with Gasteiger partial charge in [0.1, 0.15) is 22.4 Å². The standard InChI is InChI=1S/C38H68N4O12/c1-35(2,3)51-31(47)23-39(24-32(48)52-36(4,5)6)17-19-41(21-29(43)44)27-15-13-14-16-28(27)42(22-30(45)46)20-18-40(25-33(49)53-37(7,8)9)26-34(50)54-38(10,11)12/h27-28H,13-26H2,1-12H3,(H,43,44)(H,45,46)/t27-,28-/m0/s1. The van der Waals surface area contributed by atoms with E-state index in [-0.39, 0.29) is 65.4 Å². The minimum atomic E-state index is -1.09. The highest BCUT2D eigenvalue weighted by atomic mass is 16.6. The molecular formula is C38H68N4O12. The fourth-order valence-electron chi connectivity index (χ4n) is 6.21. The Morgan fingerprint density at radius 1 is 0.444 bits per heavy atom. The zero-order valence-corrected chi connectivity index (χ0v) is 34.8. The highest BCUT2D eigenvalue weighted by molar-refractivity contribution is 5.76. The van der Waals surface area contributed by atoms with E-state index in [0.717, 1.165) is 12.8 Å². The second-order valence-corrected chi connectivity index (χ2v) is 17.9. The number of hydrogen-bond donors (Lipinski definition) is 2. The van der Waals surface area contributed by atoms with Gasteiger partial charge in [0.25, 0.3) is 0 Å². The van der Waals surface area contributed by atoms with E-state index < -0.39 is 70.3 Å². The maximum atomic E-state index is 12.9. The lowest BCUT2D eigenvalue weighted by Crippen LogP contribution is -2.58. The van der Waals surface area contributed by atoms with Crippen LogP contribution in [0.5, 0.6) is 0 Å². The molecule has 0 radical (unpaired) electrons. The molecule has 0 saturated heterocycles. The van der Waals surface area contributed by atoms with E-state index in [2.05, 4.69) is 0 Å². The fourth-order valence-corrected chi connectivity index (χ4v) is 6.21. The molecule has 54 heavy (non-hydrogen) atoms. The summed E-state index contributed by atoms with van der Waals surface area (Å²) in [6.45, 7) is 19.7. The van der Waals surface area contributed by atoms with Crippen LogP contribution in [0.2, 0.25) is 0 Å². The molecule has 1 rings (SSSR count). The highest BCUT2D eigenvalue weighted by Gasteiger charge is 2.37. The molecule has 16 heteroatoms. The predicted octanol–water partition coefficient (Wildman–Crippen LogP) is 3.04. The van der Waals surface area contributed by atoms with Crippen LogP contribution in [0.15, 0.2) is 0 Å². The molecule has 2 atom stereocenters. The van der Waals surface area contributed by atoms with Crippen LogP contribution >= 0.6 is 0 Å². The van der Waals surface area contributed by atoms with Gasteiger partial charge in [-0.2, -0.15) is 0 Å². The van der Waals surface area contributed by atoms with Gasteiger partial charge in [-0.25, -0.2) is 0 Å². The maximum Gasteiger partial charge on any atom is 0.320 e. The van der Waals surface area contributed by atoms with E-state index in [1.54, 1.807) is 103 Å². The SMILES string of the molecule is CC(C)(C)OC(=O)CN(CCN(CC(=O)O)[C@H]1CCCC[C@@H]1N(CCN(CC(=O)OC(C)(C)C)CC(=O)OC(C)(C)C)CC(=O)O)CC(=O)OC(C)(C)C. The van der Waals surface area contributed by atoms with Crippen molar-refractivity contribution < 1.29 is 57.9 Å². The van der Waals surface area contributed by atoms with Gasteiger partial charge in [-0.15, -0.1) is 0 Å². The quantitative estimate of drug-likeness (QED) is 0.135. The van der Waals surface area contributed by atoms with Gasteiger partial charge in [-0.05, 0) is 95.9 Å². The maximum absolute atomic E-state index is 12.9. The Hall–Kier alpha value is -3.34. The van der Waals surface area contributed by atoms with Gasteiger partial charge in [0.15, 0.2) is 0 Å². The number of esters is 4. The summed E-state index contributed by atoms with van der Waals surface area (Å²) in [6, 6.07) is -0.798.